The summed E-state index contributed by atoms with van der Waals surface area (Å²) in [6.45, 7) is 11.7. The molecule has 0 spiro atoms. The fourth-order valence-electron chi connectivity index (χ4n) is 2.55. The SMILES string of the molecule is CC.CCNC(=O)C(C)(C)COc1cccc2nc(C)c(C(=O)O)c(N)c12. The molecule has 7 nitrogen and oxygen atoms in total. The van der Waals surface area contributed by atoms with E-state index in [1.54, 1.807) is 39.0 Å². The smallest absolute Gasteiger partial charge is 0.339 e. The van der Waals surface area contributed by atoms with Crippen molar-refractivity contribution in [2.24, 2.45) is 5.41 Å². The lowest BCUT2D eigenvalue weighted by molar-refractivity contribution is -0.130. The van der Waals surface area contributed by atoms with Crippen LogP contribution >= 0.6 is 0 Å². The first-order valence-electron chi connectivity index (χ1n) is 9.02. The van der Waals surface area contributed by atoms with E-state index in [0.717, 1.165) is 0 Å². The molecule has 0 atom stereocenters. The number of hydrogen-bond acceptors (Lipinski definition) is 5. The van der Waals surface area contributed by atoms with Crippen LogP contribution in [-0.4, -0.2) is 35.1 Å². The number of rotatable bonds is 6. The summed E-state index contributed by atoms with van der Waals surface area (Å²) < 4.78 is 5.83. The first-order chi connectivity index (χ1) is 12.7. The predicted molar refractivity (Wildman–Crippen MR) is 107 cm³/mol. The average molecular weight is 375 g/mol. The number of anilines is 1. The number of carboxylic acids is 1. The van der Waals surface area contributed by atoms with Gasteiger partial charge in [-0.25, -0.2) is 4.79 Å². The van der Waals surface area contributed by atoms with E-state index in [1.165, 1.54) is 0 Å². The Labute approximate surface area is 159 Å². The first-order valence-corrected chi connectivity index (χ1v) is 9.02. The summed E-state index contributed by atoms with van der Waals surface area (Å²) in [7, 11) is 0. The van der Waals surface area contributed by atoms with E-state index in [-0.39, 0.29) is 23.8 Å². The average Bonchev–Trinajstić information content (AvgIpc) is 2.61. The number of carbonyl (C=O) groups is 2. The van der Waals surface area contributed by atoms with Gasteiger partial charge in [-0.05, 0) is 39.8 Å². The summed E-state index contributed by atoms with van der Waals surface area (Å²) in [5.74, 6) is -0.854. The minimum atomic E-state index is -1.14. The fourth-order valence-corrected chi connectivity index (χ4v) is 2.55. The molecule has 1 aromatic carbocycles. The molecule has 7 heteroatoms. The normalized spacial score (nSPS) is 10.7. The number of benzene rings is 1. The molecule has 148 valence electrons. The molecule has 2 aromatic rings. The van der Waals surface area contributed by atoms with Gasteiger partial charge in [-0.15, -0.1) is 0 Å². The van der Waals surface area contributed by atoms with E-state index in [1.807, 2.05) is 20.8 Å². The van der Waals surface area contributed by atoms with Crippen LogP contribution in [0.1, 0.15) is 50.7 Å². The highest BCUT2D eigenvalue weighted by molar-refractivity contribution is 6.06. The number of aromatic nitrogens is 1. The Balaban J connectivity index is 0.00000176. The van der Waals surface area contributed by atoms with Crippen LogP contribution in [0.15, 0.2) is 18.2 Å². The minimum absolute atomic E-state index is 0.0356. The second kappa shape index (κ2) is 9.21. The molecule has 0 bridgehead atoms. The van der Waals surface area contributed by atoms with Crippen molar-refractivity contribution in [1.29, 1.82) is 0 Å². The van der Waals surface area contributed by atoms with Gasteiger partial charge in [0.05, 0.1) is 27.7 Å². The molecule has 0 aliphatic rings. The summed E-state index contributed by atoms with van der Waals surface area (Å²) in [5.41, 5.74) is 6.31. The number of ether oxygens (including phenoxy) is 1. The zero-order chi connectivity index (χ0) is 20.8. The Morgan fingerprint density at radius 2 is 1.93 bits per heavy atom. The summed E-state index contributed by atoms with van der Waals surface area (Å²) in [6, 6.07) is 5.18. The van der Waals surface area contributed by atoms with E-state index in [2.05, 4.69) is 10.3 Å². The van der Waals surface area contributed by atoms with Crippen molar-refractivity contribution in [3.8, 4) is 5.75 Å². The molecule has 0 aliphatic carbocycles. The second-order valence-corrected chi connectivity index (χ2v) is 6.47. The van der Waals surface area contributed by atoms with Crippen molar-refractivity contribution in [3.63, 3.8) is 0 Å². The standard InChI is InChI=1S/C18H23N3O4.C2H6/c1-5-20-17(24)18(3,4)9-25-12-8-6-7-11-14(12)15(19)13(16(22)23)10(2)21-11;1-2/h6-8H,5,9H2,1-4H3,(H2,19,21)(H,20,24)(H,22,23);1-2H3. The number of nitrogens with one attached hydrogen (secondary N) is 1. The molecule has 4 N–H and O–H groups in total. The number of aromatic carboxylic acids is 1. The molecule has 1 heterocycles. The lowest BCUT2D eigenvalue weighted by Gasteiger charge is -2.24. The van der Waals surface area contributed by atoms with Gasteiger partial charge in [-0.1, -0.05) is 19.9 Å². The third-order valence-corrected chi connectivity index (χ3v) is 3.95. The van der Waals surface area contributed by atoms with Crippen LogP contribution in [0.3, 0.4) is 0 Å². The maximum absolute atomic E-state index is 12.1. The topological polar surface area (TPSA) is 115 Å². The van der Waals surface area contributed by atoms with Gasteiger partial charge in [-0.3, -0.25) is 9.78 Å². The van der Waals surface area contributed by atoms with Crippen LogP contribution in [0.2, 0.25) is 0 Å². The monoisotopic (exact) mass is 375 g/mol. The number of hydrogen-bond donors (Lipinski definition) is 3. The van der Waals surface area contributed by atoms with Crippen LogP contribution in [-0.2, 0) is 4.79 Å². The fraction of sp³-hybridized carbons (Fsp3) is 0.450. The van der Waals surface area contributed by atoms with Crippen LogP contribution in [0.4, 0.5) is 5.69 Å². The molecule has 27 heavy (non-hydrogen) atoms. The van der Waals surface area contributed by atoms with Gasteiger partial charge in [0.15, 0.2) is 0 Å². The van der Waals surface area contributed by atoms with Crippen LogP contribution < -0.4 is 15.8 Å². The summed E-state index contributed by atoms with van der Waals surface area (Å²) in [5, 5.41) is 12.6. The van der Waals surface area contributed by atoms with Crippen LogP contribution in [0.25, 0.3) is 10.9 Å². The molecular formula is C20H29N3O4. The summed E-state index contributed by atoms with van der Waals surface area (Å²) in [6.07, 6.45) is 0. The lowest BCUT2D eigenvalue weighted by atomic mass is 9.93. The van der Waals surface area contributed by atoms with Gasteiger partial charge in [0.1, 0.15) is 17.9 Å². The molecule has 0 saturated heterocycles. The Kier molecular flexibility index (Phi) is 7.57. The van der Waals surface area contributed by atoms with E-state index in [0.29, 0.717) is 28.9 Å². The number of pyridine rings is 1. The number of nitrogens with zero attached hydrogens (tertiary/aromatic N) is 1. The molecule has 0 unspecified atom stereocenters. The summed E-state index contributed by atoms with van der Waals surface area (Å²) in [4.78, 5) is 27.9. The number of nitrogens with two attached hydrogens (primary N) is 1. The van der Waals surface area contributed by atoms with E-state index >= 15 is 0 Å². The predicted octanol–water partition coefficient (Wildman–Crippen LogP) is 3.39. The molecule has 0 fully saturated rings. The number of carboxylic acid groups (broad SMARTS) is 1. The molecule has 1 aromatic heterocycles. The molecule has 0 saturated carbocycles. The van der Waals surface area contributed by atoms with Gasteiger partial charge in [0.25, 0.3) is 0 Å². The summed E-state index contributed by atoms with van der Waals surface area (Å²) >= 11 is 0. The Bertz CT molecular complexity index is 832. The number of carbonyl (C=O) groups excluding carboxylic acids is 1. The minimum Gasteiger partial charge on any atom is -0.492 e. The maximum atomic E-state index is 12.1. The second-order valence-electron chi connectivity index (χ2n) is 6.47. The van der Waals surface area contributed by atoms with Crippen LogP contribution in [0, 0.1) is 12.3 Å². The van der Waals surface area contributed by atoms with Crippen molar-refractivity contribution in [2.75, 3.05) is 18.9 Å². The number of aryl methyl sites for hydroxylation is 1. The van der Waals surface area contributed by atoms with Crippen molar-refractivity contribution >= 4 is 28.5 Å². The van der Waals surface area contributed by atoms with Gasteiger partial charge >= 0.3 is 5.97 Å². The van der Waals surface area contributed by atoms with Crippen molar-refractivity contribution in [3.05, 3.63) is 29.5 Å². The highest BCUT2D eigenvalue weighted by Crippen LogP contribution is 2.34. The Morgan fingerprint density at radius 3 is 2.48 bits per heavy atom. The maximum Gasteiger partial charge on any atom is 0.339 e. The lowest BCUT2D eigenvalue weighted by Crippen LogP contribution is -2.40. The van der Waals surface area contributed by atoms with Crippen molar-refractivity contribution in [1.82, 2.24) is 10.3 Å². The Morgan fingerprint density at radius 1 is 1.30 bits per heavy atom. The number of amides is 1. The van der Waals surface area contributed by atoms with Gasteiger partial charge in [0, 0.05) is 6.54 Å². The molecule has 2 rings (SSSR count). The van der Waals surface area contributed by atoms with Gasteiger partial charge in [-0.2, -0.15) is 0 Å². The highest BCUT2D eigenvalue weighted by Gasteiger charge is 2.29. The zero-order valence-corrected chi connectivity index (χ0v) is 16.8. The number of nitrogen functional groups attached to an aromatic ring is 1. The third-order valence-electron chi connectivity index (χ3n) is 3.95. The molecule has 1 amide bonds. The van der Waals surface area contributed by atoms with Gasteiger partial charge < -0.3 is 20.9 Å². The van der Waals surface area contributed by atoms with Crippen molar-refractivity contribution < 1.29 is 19.4 Å². The first kappa shape index (κ1) is 22.2. The van der Waals surface area contributed by atoms with E-state index in [4.69, 9.17) is 10.5 Å². The molecule has 0 aliphatic heterocycles. The number of fused-ring (bicyclic) bond motifs is 1. The van der Waals surface area contributed by atoms with Gasteiger partial charge in [0.2, 0.25) is 5.91 Å². The van der Waals surface area contributed by atoms with Crippen molar-refractivity contribution in [2.45, 2.75) is 41.5 Å². The van der Waals surface area contributed by atoms with E-state index in [9.17, 15) is 14.7 Å². The molecular weight excluding hydrogens is 346 g/mol. The third kappa shape index (κ3) is 4.87. The quantitative estimate of drug-likeness (QED) is 0.713. The largest absolute Gasteiger partial charge is 0.492 e. The highest BCUT2D eigenvalue weighted by atomic mass is 16.5. The zero-order valence-electron chi connectivity index (χ0n) is 16.8. The Hall–Kier alpha value is -2.83. The van der Waals surface area contributed by atoms with E-state index < -0.39 is 11.4 Å². The molecule has 0 radical (unpaired) electrons. The van der Waals surface area contributed by atoms with Crippen LogP contribution in [0.5, 0.6) is 5.75 Å².